The Bertz CT molecular complexity index is 347. The summed E-state index contributed by atoms with van der Waals surface area (Å²) in [5.74, 6) is 1.27. The van der Waals surface area contributed by atoms with E-state index in [1.54, 1.807) is 13.4 Å². The SMILES string of the molecule is CO/C=C1/C(=O)C2CCCCCC3OCC1C32. The largest absolute Gasteiger partial charge is 0.504 e. The molecule has 0 spiro atoms. The van der Waals surface area contributed by atoms with Crippen molar-refractivity contribution in [3.63, 3.8) is 0 Å². The highest BCUT2D eigenvalue weighted by molar-refractivity contribution is 6.00. The lowest BCUT2D eigenvalue weighted by Gasteiger charge is -2.25. The van der Waals surface area contributed by atoms with E-state index in [4.69, 9.17) is 9.47 Å². The number of ether oxygens (including phenoxy) is 2. The number of carbonyl (C=O) groups excluding carboxylic acids is 1. The molecule has 4 atom stereocenters. The Morgan fingerprint density at radius 1 is 1.24 bits per heavy atom. The molecule has 2 saturated carbocycles. The molecule has 1 aliphatic heterocycles. The monoisotopic (exact) mass is 236 g/mol. The summed E-state index contributed by atoms with van der Waals surface area (Å²) in [7, 11) is 1.62. The average Bonchev–Trinajstić information content (AvgIpc) is 2.77. The van der Waals surface area contributed by atoms with Crippen LogP contribution in [0.3, 0.4) is 0 Å². The molecule has 0 bridgehead atoms. The smallest absolute Gasteiger partial charge is 0.165 e. The lowest BCUT2D eigenvalue weighted by Crippen LogP contribution is -2.27. The van der Waals surface area contributed by atoms with Gasteiger partial charge in [-0.25, -0.2) is 0 Å². The average molecular weight is 236 g/mol. The Morgan fingerprint density at radius 2 is 2.06 bits per heavy atom. The minimum absolute atomic E-state index is 0.203. The first-order chi connectivity index (χ1) is 8.33. The van der Waals surface area contributed by atoms with Gasteiger partial charge in [-0.15, -0.1) is 0 Å². The molecule has 0 amide bonds. The van der Waals surface area contributed by atoms with E-state index in [1.807, 2.05) is 0 Å². The highest BCUT2D eigenvalue weighted by Gasteiger charge is 2.53. The van der Waals surface area contributed by atoms with Gasteiger partial charge in [0.1, 0.15) is 0 Å². The third-order valence-corrected chi connectivity index (χ3v) is 4.62. The number of hydrogen-bond donors (Lipinski definition) is 0. The van der Waals surface area contributed by atoms with Gasteiger partial charge in [0.25, 0.3) is 0 Å². The Labute approximate surface area is 102 Å². The summed E-state index contributed by atoms with van der Waals surface area (Å²) in [4.78, 5) is 12.4. The molecule has 3 nitrogen and oxygen atoms in total. The first-order valence-electron chi connectivity index (χ1n) is 6.71. The highest BCUT2D eigenvalue weighted by Crippen LogP contribution is 2.49. The molecule has 94 valence electrons. The van der Waals surface area contributed by atoms with Gasteiger partial charge in [0.05, 0.1) is 26.1 Å². The molecule has 17 heavy (non-hydrogen) atoms. The summed E-state index contributed by atoms with van der Waals surface area (Å²) in [5, 5.41) is 0. The van der Waals surface area contributed by atoms with Crippen LogP contribution in [0.4, 0.5) is 0 Å². The van der Waals surface area contributed by atoms with Crippen molar-refractivity contribution in [3.8, 4) is 0 Å². The van der Waals surface area contributed by atoms with E-state index in [0.29, 0.717) is 30.3 Å². The van der Waals surface area contributed by atoms with Crippen LogP contribution in [0.25, 0.3) is 0 Å². The van der Waals surface area contributed by atoms with Crippen LogP contribution in [0.15, 0.2) is 11.8 Å². The maximum atomic E-state index is 12.4. The van der Waals surface area contributed by atoms with Crippen molar-refractivity contribution in [3.05, 3.63) is 11.8 Å². The first-order valence-corrected chi connectivity index (χ1v) is 6.71. The fourth-order valence-corrected chi connectivity index (χ4v) is 3.88. The summed E-state index contributed by atoms with van der Waals surface area (Å²) in [6.07, 6.45) is 7.82. The summed E-state index contributed by atoms with van der Waals surface area (Å²) < 4.78 is 11.0. The number of rotatable bonds is 1. The van der Waals surface area contributed by atoms with Crippen LogP contribution in [-0.4, -0.2) is 25.6 Å². The molecule has 0 N–H and O–H groups in total. The highest BCUT2D eigenvalue weighted by atomic mass is 16.5. The zero-order valence-corrected chi connectivity index (χ0v) is 10.4. The van der Waals surface area contributed by atoms with Crippen LogP contribution in [-0.2, 0) is 14.3 Å². The van der Waals surface area contributed by atoms with E-state index in [2.05, 4.69) is 0 Å². The van der Waals surface area contributed by atoms with E-state index >= 15 is 0 Å². The van der Waals surface area contributed by atoms with Gasteiger partial charge in [0.15, 0.2) is 5.78 Å². The number of carbonyl (C=O) groups is 1. The number of hydrogen-bond acceptors (Lipinski definition) is 3. The maximum Gasteiger partial charge on any atom is 0.165 e. The van der Waals surface area contributed by atoms with Gasteiger partial charge >= 0.3 is 0 Å². The molecular weight excluding hydrogens is 216 g/mol. The summed E-state index contributed by atoms with van der Waals surface area (Å²) >= 11 is 0. The van der Waals surface area contributed by atoms with Gasteiger partial charge in [-0.05, 0) is 12.8 Å². The fraction of sp³-hybridized carbons (Fsp3) is 0.786. The van der Waals surface area contributed by atoms with Crippen LogP contribution in [0.2, 0.25) is 0 Å². The standard InChI is InChI=1S/C14H20O3/c1-16-7-11-10-8-17-12-6-4-2-3-5-9(13(10)12)14(11)15/h7,9-10,12-13H,2-6,8H2,1H3/b11-7+. The van der Waals surface area contributed by atoms with Gasteiger partial charge in [0, 0.05) is 23.3 Å². The zero-order chi connectivity index (χ0) is 11.8. The van der Waals surface area contributed by atoms with Crippen molar-refractivity contribution in [2.75, 3.05) is 13.7 Å². The Morgan fingerprint density at radius 3 is 2.88 bits per heavy atom. The van der Waals surface area contributed by atoms with Gasteiger partial charge in [-0.3, -0.25) is 4.79 Å². The molecule has 3 aliphatic rings. The summed E-state index contributed by atoms with van der Waals surface area (Å²) in [5.41, 5.74) is 0.881. The quantitative estimate of drug-likeness (QED) is 0.517. The molecule has 0 radical (unpaired) electrons. The summed E-state index contributed by atoms with van der Waals surface area (Å²) in [6, 6.07) is 0. The zero-order valence-electron chi connectivity index (χ0n) is 10.4. The Kier molecular flexibility index (Phi) is 2.95. The van der Waals surface area contributed by atoms with Gasteiger partial charge < -0.3 is 9.47 Å². The number of methoxy groups -OCH3 is 1. The molecule has 1 saturated heterocycles. The number of ketones is 1. The summed E-state index contributed by atoms with van der Waals surface area (Å²) in [6.45, 7) is 0.715. The van der Waals surface area contributed by atoms with E-state index in [0.717, 1.165) is 18.4 Å². The second kappa shape index (κ2) is 4.45. The van der Waals surface area contributed by atoms with E-state index in [1.165, 1.54) is 19.3 Å². The second-order valence-corrected chi connectivity index (χ2v) is 5.47. The van der Waals surface area contributed by atoms with Crippen molar-refractivity contribution in [2.24, 2.45) is 17.8 Å². The van der Waals surface area contributed by atoms with Gasteiger partial charge in [0.2, 0.25) is 0 Å². The van der Waals surface area contributed by atoms with E-state index < -0.39 is 0 Å². The van der Waals surface area contributed by atoms with Crippen LogP contribution in [0, 0.1) is 17.8 Å². The molecule has 0 aromatic heterocycles. The van der Waals surface area contributed by atoms with Crippen molar-refractivity contribution in [1.29, 1.82) is 0 Å². The molecule has 0 aromatic rings. The lowest BCUT2D eigenvalue weighted by atomic mass is 9.80. The molecule has 1 heterocycles. The molecule has 3 heteroatoms. The minimum atomic E-state index is 0.203. The molecule has 0 aromatic carbocycles. The third kappa shape index (κ3) is 1.71. The lowest BCUT2D eigenvalue weighted by molar-refractivity contribution is -0.120. The van der Waals surface area contributed by atoms with Crippen LogP contribution >= 0.6 is 0 Å². The normalized spacial score (nSPS) is 43.4. The van der Waals surface area contributed by atoms with Crippen LogP contribution in [0.5, 0.6) is 0 Å². The van der Waals surface area contributed by atoms with Crippen molar-refractivity contribution >= 4 is 5.78 Å². The van der Waals surface area contributed by atoms with Crippen molar-refractivity contribution < 1.29 is 14.3 Å². The second-order valence-electron chi connectivity index (χ2n) is 5.47. The Hall–Kier alpha value is -0.830. The third-order valence-electron chi connectivity index (χ3n) is 4.62. The van der Waals surface area contributed by atoms with Gasteiger partial charge in [-0.2, -0.15) is 0 Å². The predicted octanol–water partition coefficient (Wildman–Crippen LogP) is 2.31. The van der Waals surface area contributed by atoms with Crippen LogP contribution in [0.1, 0.15) is 32.1 Å². The molecule has 2 aliphatic carbocycles. The Balaban J connectivity index is 1.92. The molecule has 4 unspecified atom stereocenters. The fourth-order valence-electron chi connectivity index (χ4n) is 3.88. The number of Topliss-reactive ketones (excluding diaryl/α,β-unsaturated/α-hetero) is 1. The maximum absolute atomic E-state index is 12.4. The molecular formula is C14H20O3. The van der Waals surface area contributed by atoms with Crippen LogP contribution < -0.4 is 0 Å². The molecule has 3 rings (SSSR count). The predicted molar refractivity (Wildman–Crippen MR) is 63.4 cm³/mol. The minimum Gasteiger partial charge on any atom is -0.504 e. The van der Waals surface area contributed by atoms with E-state index in [9.17, 15) is 4.79 Å². The first kappa shape index (κ1) is 11.3. The molecule has 3 fully saturated rings. The van der Waals surface area contributed by atoms with Crippen molar-refractivity contribution in [2.45, 2.75) is 38.2 Å². The van der Waals surface area contributed by atoms with Crippen molar-refractivity contribution in [1.82, 2.24) is 0 Å². The van der Waals surface area contributed by atoms with E-state index in [-0.39, 0.29) is 5.92 Å². The topological polar surface area (TPSA) is 35.5 Å². The van der Waals surface area contributed by atoms with Gasteiger partial charge in [-0.1, -0.05) is 19.3 Å².